The standard InChI is InChI=1S/C12H12ClNO3/c1-2-17-12(16)5-8-3-4-11(13)10(7-15)9(8)6-14/h3-4,15H,2,5,7H2,1H3. The van der Waals surface area contributed by atoms with Crippen molar-refractivity contribution in [3.8, 4) is 6.07 Å². The van der Waals surface area contributed by atoms with Crippen LogP contribution in [0.25, 0.3) is 0 Å². The van der Waals surface area contributed by atoms with Crippen LogP contribution in [0.1, 0.15) is 23.6 Å². The Morgan fingerprint density at radius 3 is 2.82 bits per heavy atom. The first-order chi connectivity index (χ1) is 8.13. The van der Waals surface area contributed by atoms with Crippen molar-refractivity contribution in [1.82, 2.24) is 0 Å². The second kappa shape index (κ2) is 6.24. The summed E-state index contributed by atoms with van der Waals surface area (Å²) in [6, 6.07) is 5.10. The zero-order valence-electron chi connectivity index (χ0n) is 9.36. The number of carbonyl (C=O) groups excluding carboxylic acids is 1. The first-order valence-electron chi connectivity index (χ1n) is 5.10. The molecule has 17 heavy (non-hydrogen) atoms. The predicted molar refractivity (Wildman–Crippen MR) is 62.4 cm³/mol. The number of hydrogen-bond acceptors (Lipinski definition) is 4. The maximum Gasteiger partial charge on any atom is 0.310 e. The van der Waals surface area contributed by atoms with Crippen molar-refractivity contribution in [3.63, 3.8) is 0 Å². The van der Waals surface area contributed by atoms with Gasteiger partial charge in [-0.05, 0) is 18.6 Å². The van der Waals surface area contributed by atoms with E-state index in [-0.39, 0.29) is 18.6 Å². The molecule has 4 nitrogen and oxygen atoms in total. The Bertz CT molecular complexity index is 466. The van der Waals surface area contributed by atoms with Gasteiger partial charge in [-0.15, -0.1) is 0 Å². The Morgan fingerprint density at radius 1 is 1.59 bits per heavy atom. The van der Waals surface area contributed by atoms with Crippen LogP contribution in [0.5, 0.6) is 0 Å². The van der Waals surface area contributed by atoms with Gasteiger partial charge in [-0.3, -0.25) is 4.79 Å². The van der Waals surface area contributed by atoms with E-state index in [2.05, 4.69) is 0 Å². The molecule has 0 aliphatic rings. The molecule has 5 heteroatoms. The number of rotatable bonds is 4. The summed E-state index contributed by atoms with van der Waals surface area (Å²) in [5, 5.41) is 18.5. The fourth-order valence-electron chi connectivity index (χ4n) is 1.48. The van der Waals surface area contributed by atoms with Gasteiger partial charge in [-0.2, -0.15) is 5.26 Å². The summed E-state index contributed by atoms with van der Waals surface area (Å²) in [6.45, 7) is 1.67. The maximum absolute atomic E-state index is 11.3. The molecular weight excluding hydrogens is 242 g/mol. The number of halogens is 1. The molecule has 0 unspecified atom stereocenters. The minimum absolute atomic E-state index is 0.000895. The molecule has 1 rings (SSSR count). The average Bonchev–Trinajstić information content (AvgIpc) is 2.31. The monoisotopic (exact) mass is 253 g/mol. The highest BCUT2D eigenvalue weighted by Gasteiger charge is 2.14. The molecule has 0 bridgehead atoms. The first kappa shape index (κ1) is 13.5. The number of nitrogens with zero attached hydrogens (tertiary/aromatic N) is 1. The van der Waals surface area contributed by atoms with E-state index in [1.165, 1.54) is 0 Å². The number of hydrogen-bond donors (Lipinski definition) is 1. The van der Waals surface area contributed by atoms with Crippen molar-refractivity contribution in [2.24, 2.45) is 0 Å². The summed E-state index contributed by atoms with van der Waals surface area (Å²) in [5.41, 5.74) is 1.10. The van der Waals surface area contributed by atoms with Crippen LogP contribution in [-0.2, 0) is 22.6 Å². The molecule has 0 amide bonds. The Morgan fingerprint density at radius 2 is 2.29 bits per heavy atom. The summed E-state index contributed by atoms with van der Waals surface area (Å²) < 4.78 is 4.81. The molecule has 0 spiro atoms. The van der Waals surface area contributed by atoms with Gasteiger partial charge in [-0.25, -0.2) is 0 Å². The Kier molecular flexibility index (Phi) is 4.95. The van der Waals surface area contributed by atoms with Gasteiger partial charge in [0.25, 0.3) is 0 Å². The normalized spacial score (nSPS) is 9.76. The van der Waals surface area contributed by atoms with Gasteiger partial charge in [0.1, 0.15) is 0 Å². The van der Waals surface area contributed by atoms with Crippen molar-refractivity contribution in [1.29, 1.82) is 5.26 Å². The molecule has 0 heterocycles. The zero-order valence-corrected chi connectivity index (χ0v) is 10.1. The SMILES string of the molecule is CCOC(=O)Cc1ccc(Cl)c(CO)c1C#N. The van der Waals surface area contributed by atoms with E-state index >= 15 is 0 Å². The average molecular weight is 254 g/mol. The van der Waals surface area contributed by atoms with E-state index in [9.17, 15) is 4.79 Å². The topological polar surface area (TPSA) is 70.3 Å². The third-order valence-corrected chi connectivity index (χ3v) is 2.61. The van der Waals surface area contributed by atoms with Crippen LogP contribution in [0, 0.1) is 11.3 Å². The van der Waals surface area contributed by atoms with Crippen LogP contribution in [-0.4, -0.2) is 17.7 Å². The quantitative estimate of drug-likeness (QED) is 0.831. The summed E-state index contributed by atoms with van der Waals surface area (Å²) in [4.78, 5) is 11.3. The predicted octanol–water partition coefficient (Wildman–Crippen LogP) is 1.81. The van der Waals surface area contributed by atoms with Gasteiger partial charge < -0.3 is 9.84 Å². The van der Waals surface area contributed by atoms with Crippen molar-refractivity contribution >= 4 is 17.6 Å². The number of ether oxygens (including phenoxy) is 1. The lowest BCUT2D eigenvalue weighted by atomic mass is 10.00. The van der Waals surface area contributed by atoms with E-state index in [4.69, 9.17) is 26.7 Å². The highest BCUT2D eigenvalue weighted by Crippen LogP contribution is 2.23. The largest absolute Gasteiger partial charge is 0.466 e. The van der Waals surface area contributed by atoms with Gasteiger partial charge in [0.2, 0.25) is 0 Å². The molecule has 1 aromatic carbocycles. The van der Waals surface area contributed by atoms with Gasteiger partial charge >= 0.3 is 5.97 Å². The molecule has 0 saturated heterocycles. The van der Waals surface area contributed by atoms with Crippen molar-refractivity contribution in [2.75, 3.05) is 6.61 Å². The molecule has 0 aliphatic heterocycles. The van der Waals surface area contributed by atoms with Crippen molar-refractivity contribution in [2.45, 2.75) is 20.0 Å². The second-order valence-electron chi connectivity index (χ2n) is 3.31. The van der Waals surface area contributed by atoms with Gasteiger partial charge in [0.15, 0.2) is 0 Å². The number of benzene rings is 1. The highest BCUT2D eigenvalue weighted by molar-refractivity contribution is 6.31. The van der Waals surface area contributed by atoms with Crippen molar-refractivity contribution < 1.29 is 14.6 Å². The van der Waals surface area contributed by atoms with E-state index in [0.717, 1.165) is 0 Å². The smallest absolute Gasteiger partial charge is 0.310 e. The van der Waals surface area contributed by atoms with E-state index in [0.29, 0.717) is 22.8 Å². The number of aliphatic hydroxyl groups excluding tert-OH is 1. The van der Waals surface area contributed by atoms with Crippen LogP contribution in [0.4, 0.5) is 0 Å². The summed E-state index contributed by atoms with van der Waals surface area (Å²) in [6.07, 6.45) is 0.000895. The molecule has 0 atom stereocenters. The second-order valence-corrected chi connectivity index (χ2v) is 3.72. The lowest BCUT2D eigenvalue weighted by molar-refractivity contribution is -0.142. The Labute approximate surface area is 104 Å². The molecule has 0 radical (unpaired) electrons. The molecular formula is C12H12ClNO3. The van der Waals surface area contributed by atoms with Gasteiger partial charge in [0, 0.05) is 10.6 Å². The summed E-state index contributed by atoms with van der Waals surface area (Å²) in [5.74, 6) is -0.407. The fraction of sp³-hybridized carbons (Fsp3) is 0.333. The lowest BCUT2D eigenvalue weighted by Crippen LogP contribution is -2.09. The number of nitriles is 1. The molecule has 1 aromatic rings. The maximum atomic E-state index is 11.3. The molecule has 0 saturated carbocycles. The van der Waals surface area contributed by atoms with Crippen LogP contribution >= 0.6 is 11.6 Å². The Balaban J connectivity index is 3.09. The van der Waals surface area contributed by atoms with E-state index in [1.54, 1.807) is 19.1 Å². The molecule has 1 N–H and O–H groups in total. The van der Waals surface area contributed by atoms with Gasteiger partial charge in [0.05, 0.1) is 31.3 Å². The third-order valence-electron chi connectivity index (χ3n) is 2.25. The molecule has 0 aliphatic carbocycles. The Hall–Kier alpha value is -1.57. The van der Waals surface area contributed by atoms with Crippen molar-refractivity contribution in [3.05, 3.63) is 33.8 Å². The molecule has 0 fully saturated rings. The lowest BCUT2D eigenvalue weighted by Gasteiger charge is -2.09. The third kappa shape index (κ3) is 3.19. The molecule has 0 aromatic heterocycles. The van der Waals surface area contributed by atoms with Crippen LogP contribution in [0.3, 0.4) is 0 Å². The number of carbonyl (C=O) groups is 1. The number of aliphatic hydroxyl groups is 1. The van der Waals surface area contributed by atoms with Crippen LogP contribution in [0.2, 0.25) is 5.02 Å². The highest BCUT2D eigenvalue weighted by atomic mass is 35.5. The summed E-state index contributed by atoms with van der Waals surface area (Å²) in [7, 11) is 0. The fourth-order valence-corrected chi connectivity index (χ4v) is 1.70. The summed E-state index contributed by atoms with van der Waals surface area (Å²) >= 11 is 5.85. The molecule has 90 valence electrons. The first-order valence-corrected chi connectivity index (χ1v) is 5.48. The van der Waals surface area contributed by atoms with Crippen LogP contribution < -0.4 is 0 Å². The zero-order chi connectivity index (χ0) is 12.8. The van der Waals surface area contributed by atoms with Crippen LogP contribution in [0.15, 0.2) is 12.1 Å². The van der Waals surface area contributed by atoms with E-state index < -0.39 is 5.97 Å². The number of esters is 1. The minimum Gasteiger partial charge on any atom is -0.466 e. The van der Waals surface area contributed by atoms with E-state index in [1.807, 2.05) is 6.07 Å². The van der Waals surface area contributed by atoms with Gasteiger partial charge in [-0.1, -0.05) is 17.7 Å². The minimum atomic E-state index is -0.407.